The molecule has 2 aromatic rings. The maximum Gasteiger partial charge on any atom is 0.255 e. The van der Waals surface area contributed by atoms with Crippen molar-refractivity contribution in [3.63, 3.8) is 0 Å². The van der Waals surface area contributed by atoms with Gasteiger partial charge in [0.15, 0.2) is 0 Å². The summed E-state index contributed by atoms with van der Waals surface area (Å²) in [4.78, 5) is 24.4. The van der Waals surface area contributed by atoms with Crippen LogP contribution in [0, 0.1) is 0 Å². The highest BCUT2D eigenvalue weighted by Gasteiger charge is 2.15. The Morgan fingerprint density at radius 1 is 0.889 bits per heavy atom. The van der Waals surface area contributed by atoms with Gasteiger partial charge in [-0.05, 0) is 62.7 Å². The molecule has 2 amide bonds. The van der Waals surface area contributed by atoms with Crippen molar-refractivity contribution in [2.75, 3.05) is 5.32 Å². The second-order valence-corrected chi connectivity index (χ2v) is 8.85. The maximum atomic E-state index is 12.3. The predicted octanol–water partition coefficient (Wildman–Crippen LogP) is 2.26. The first-order valence-electron chi connectivity index (χ1n) is 8.26. The molecular weight excluding hydrogens is 366 g/mol. The van der Waals surface area contributed by atoms with Crippen LogP contribution in [0.2, 0.25) is 0 Å². The molecule has 0 fully saturated rings. The first-order valence-corrected chi connectivity index (χ1v) is 9.98. The van der Waals surface area contributed by atoms with Crippen LogP contribution in [0.25, 0.3) is 0 Å². The van der Waals surface area contributed by atoms with E-state index in [1.807, 2.05) is 20.8 Å². The van der Waals surface area contributed by atoms with E-state index in [1.165, 1.54) is 0 Å². The monoisotopic (exact) mass is 389 g/mol. The van der Waals surface area contributed by atoms with E-state index in [9.17, 15) is 18.0 Å². The molecule has 0 atom stereocenters. The quantitative estimate of drug-likeness (QED) is 0.727. The van der Waals surface area contributed by atoms with E-state index in [0.29, 0.717) is 22.4 Å². The van der Waals surface area contributed by atoms with Crippen LogP contribution in [0.5, 0.6) is 0 Å². The predicted molar refractivity (Wildman–Crippen MR) is 105 cm³/mol. The molecule has 0 aliphatic rings. The van der Waals surface area contributed by atoms with E-state index < -0.39 is 10.0 Å². The van der Waals surface area contributed by atoms with Crippen LogP contribution in [0.3, 0.4) is 0 Å². The second kappa shape index (κ2) is 7.89. The number of primary sulfonamides is 1. The van der Waals surface area contributed by atoms with Crippen LogP contribution in [0.4, 0.5) is 5.69 Å². The van der Waals surface area contributed by atoms with Crippen molar-refractivity contribution in [3.05, 3.63) is 65.2 Å². The zero-order valence-corrected chi connectivity index (χ0v) is 16.3. The molecule has 0 aliphatic heterocycles. The average molecular weight is 389 g/mol. The molecule has 0 heterocycles. The lowest BCUT2D eigenvalue weighted by Gasteiger charge is -2.20. The van der Waals surface area contributed by atoms with E-state index in [0.717, 1.165) is 0 Å². The van der Waals surface area contributed by atoms with Crippen LogP contribution < -0.4 is 15.8 Å². The first kappa shape index (κ1) is 20.6. The lowest BCUT2D eigenvalue weighted by atomic mass is 10.1. The zero-order chi connectivity index (χ0) is 20.2. The van der Waals surface area contributed by atoms with Gasteiger partial charge in [-0.3, -0.25) is 9.59 Å². The molecule has 2 aromatic carbocycles. The summed E-state index contributed by atoms with van der Waals surface area (Å²) in [6.45, 7) is 5.67. The minimum absolute atomic E-state index is 0.208. The molecule has 27 heavy (non-hydrogen) atoms. The smallest absolute Gasteiger partial charge is 0.255 e. The van der Waals surface area contributed by atoms with Crippen molar-refractivity contribution in [1.82, 2.24) is 5.32 Å². The summed E-state index contributed by atoms with van der Waals surface area (Å²) in [6, 6.07) is 12.7. The van der Waals surface area contributed by atoms with Gasteiger partial charge in [-0.2, -0.15) is 0 Å². The lowest BCUT2D eigenvalue weighted by Crippen LogP contribution is -2.40. The fourth-order valence-electron chi connectivity index (χ4n) is 2.31. The van der Waals surface area contributed by atoms with Crippen LogP contribution in [0.1, 0.15) is 47.1 Å². The SMILES string of the molecule is CC(C)(C)NC(=O)c1ccc(C(=O)Nc2ccc(CS(N)(=O)=O)cc2)cc1. The molecule has 0 radical (unpaired) electrons. The minimum atomic E-state index is -3.60. The Bertz CT molecular complexity index is 928. The number of hydrogen-bond donors (Lipinski definition) is 3. The van der Waals surface area contributed by atoms with E-state index in [1.54, 1.807) is 48.5 Å². The zero-order valence-electron chi connectivity index (χ0n) is 15.4. The number of carbonyl (C=O) groups is 2. The van der Waals surface area contributed by atoms with Crippen molar-refractivity contribution >= 4 is 27.5 Å². The summed E-state index contributed by atoms with van der Waals surface area (Å²) in [5.41, 5.74) is 1.57. The maximum absolute atomic E-state index is 12.3. The molecule has 0 saturated heterocycles. The molecular formula is C19H23N3O4S. The molecule has 0 unspecified atom stereocenters. The van der Waals surface area contributed by atoms with Gasteiger partial charge in [-0.15, -0.1) is 0 Å². The highest BCUT2D eigenvalue weighted by molar-refractivity contribution is 7.88. The number of anilines is 1. The number of carbonyl (C=O) groups excluding carboxylic acids is 2. The van der Waals surface area contributed by atoms with Gasteiger partial charge in [0, 0.05) is 22.4 Å². The van der Waals surface area contributed by atoms with Gasteiger partial charge in [0.05, 0.1) is 5.75 Å². The highest BCUT2D eigenvalue weighted by Crippen LogP contribution is 2.14. The Labute approximate surface area is 159 Å². The van der Waals surface area contributed by atoms with E-state index in [2.05, 4.69) is 10.6 Å². The van der Waals surface area contributed by atoms with Gasteiger partial charge < -0.3 is 10.6 Å². The minimum Gasteiger partial charge on any atom is -0.347 e. The number of sulfonamides is 1. The van der Waals surface area contributed by atoms with Crippen LogP contribution in [-0.2, 0) is 15.8 Å². The molecule has 0 aliphatic carbocycles. The van der Waals surface area contributed by atoms with Crippen molar-refractivity contribution < 1.29 is 18.0 Å². The van der Waals surface area contributed by atoms with Crippen molar-refractivity contribution in [2.45, 2.75) is 32.1 Å². The third kappa shape index (κ3) is 6.84. The van der Waals surface area contributed by atoms with E-state index >= 15 is 0 Å². The van der Waals surface area contributed by atoms with Crippen molar-refractivity contribution in [3.8, 4) is 0 Å². The van der Waals surface area contributed by atoms with E-state index in [4.69, 9.17) is 5.14 Å². The Morgan fingerprint density at radius 2 is 1.37 bits per heavy atom. The average Bonchev–Trinajstić information content (AvgIpc) is 2.54. The summed E-state index contributed by atoms with van der Waals surface area (Å²) in [5, 5.41) is 10.6. The normalized spacial score (nSPS) is 11.7. The summed E-state index contributed by atoms with van der Waals surface area (Å²) in [6.07, 6.45) is 0. The number of amides is 2. The number of nitrogens with two attached hydrogens (primary N) is 1. The third-order valence-corrected chi connectivity index (χ3v) is 4.21. The number of benzene rings is 2. The first-order chi connectivity index (χ1) is 12.4. The van der Waals surface area contributed by atoms with Gasteiger partial charge in [-0.1, -0.05) is 12.1 Å². The van der Waals surface area contributed by atoms with E-state index in [-0.39, 0.29) is 23.1 Å². The number of nitrogens with one attached hydrogen (secondary N) is 2. The molecule has 0 saturated carbocycles. The fourth-order valence-corrected chi connectivity index (χ4v) is 2.96. The van der Waals surface area contributed by atoms with Crippen LogP contribution >= 0.6 is 0 Å². The molecule has 7 nitrogen and oxygen atoms in total. The standard InChI is InChI=1S/C19H23N3O4S/c1-19(2,3)22-18(24)15-8-6-14(7-9-15)17(23)21-16-10-4-13(5-11-16)12-27(20,25)26/h4-11H,12H2,1-3H3,(H,21,23)(H,22,24)(H2,20,25,26). The molecule has 0 bridgehead atoms. The van der Waals surface area contributed by atoms with Crippen LogP contribution in [0.15, 0.2) is 48.5 Å². The summed E-state index contributed by atoms with van der Waals surface area (Å²) in [5.74, 6) is -0.809. The van der Waals surface area contributed by atoms with Gasteiger partial charge >= 0.3 is 0 Å². The topological polar surface area (TPSA) is 118 Å². The molecule has 144 valence electrons. The lowest BCUT2D eigenvalue weighted by molar-refractivity contribution is 0.0918. The highest BCUT2D eigenvalue weighted by atomic mass is 32.2. The van der Waals surface area contributed by atoms with Gasteiger partial charge in [0.25, 0.3) is 11.8 Å². The molecule has 4 N–H and O–H groups in total. The Kier molecular flexibility index (Phi) is 6.02. The molecule has 0 aromatic heterocycles. The molecule has 8 heteroatoms. The Hall–Kier alpha value is -2.71. The molecule has 2 rings (SSSR count). The third-order valence-electron chi connectivity index (χ3n) is 3.48. The molecule has 0 spiro atoms. The fraction of sp³-hybridized carbons (Fsp3) is 0.263. The summed E-state index contributed by atoms with van der Waals surface area (Å²) >= 11 is 0. The second-order valence-electron chi connectivity index (χ2n) is 7.24. The number of rotatable bonds is 5. The Morgan fingerprint density at radius 3 is 1.81 bits per heavy atom. The van der Waals surface area contributed by atoms with Gasteiger partial charge in [-0.25, -0.2) is 13.6 Å². The summed E-state index contributed by atoms with van der Waals surface area (Å²) < 4.78 is 22.2. The van der Waals surface area contributed by atoms with Gasteiger partial charge in [0.2, 0.25) is 10.0 Å². The van der Waals surface area contributed by atoms with Gasteiger partial charge in [0.1, 0.15) is 0 Å². The van der Waals surface area contributed by atoms with Crippen molar-refractivity contribution in [2.24, 2.45) is 5.14 Å². The summed E-state index contributed by atoms with van der Waals surface area (Å²) in [7, 11) is -3.60. The van der Waals surface area contributed by atoms with Crippen molar-refractivity contribution in [1.29, 1.82) is 0 Å². The number of hydrogen-bond acceptors (Lipinski definition) is 4. The Balaban J connectivity index is 2.03. The van der Waals surface area contributed by atoms with Crippen LogP contribution in [-0.4, -0.2) is 25.8 Å². The largest absolute Gasteiger partial charge is 0.347 e.